The van der Waals surface area contributed by atoms with Crippen LogP contribution in [-0.2, 0) is 13.6 Å². The van der Waals surface area contributed by atoms with E-state index in [0.717, 1.165) is 14.9 Å². The van der Waals surface area contributed by atoms with E-state index in [-0.39, 0.29) is 0 Å². The van der Waals surface area contributed by atoms with Crippen LogP contribution in [0, 0.1) is 0 Å². The molecule has 0 spiro atoms. The minimum absolute atomic E-state index is 0.566. The third-order valence-electron chi connectivity index (χ3n) is 2.14. The summed E-state index contributed by atoms with van der Waals surface area (Å²) in [7, 11) is 1.91. The van der Waals surface area contributed by atoms with Gasteiger partial charge in [-0.1, -0.05) is 17.8 Å². The van der Waals surface area contributed by atoms with Crippen molar-refractivity contribution < 1.29 is 0 Å². The molecule has 1 aromatic carbocycles. The predicted molar refractivity (Wildman–Crippen MR) is 69.4 cm³/mol. The van der Waals surface area contributed by atoms with Gasteiger partial charge in [0.25, 0.3) is 0 Å². The molecule has 0 saturated carbocycles. The topological polar surface area (TPSA) is 43.8 Å². The fourth-order valence-electron chi connectivity index (χ4n) is 1.33. The largest absolute Gasteiger partial charge is 0.326 e. The fraction of sp³-hybridized carbons (Fsp3) is 0.182. The Bertz CT molecular complexity index is 496. The van der Waals surface area contributed by atoms with Gasteiger partial charge in [0.05, 0.1) is 11.1 Å². The number of rotatable bonds is 3. The zero-order valence-corrected chi connectivity index (χ0v) is 11.3. The van der Waals surface area contributed by atoms with E-state index in [0.29, 0.717) is 6.54 Å². The number of halogens is 1. The molecule has 16 heavy (non-hydrogen) atoms. The van der Waals surface area contributed by atoms with Crippen LogP contribution in [-0.4, -0.2) is 9.78 Å². The maximum atomic E-state index is 5.58. The molecule has 1 aromatic heterocycles. The number of nitrogens with zero attached hydrogens (tertiary/aromatic N) is 2. The Morgan fingerprint density at radius 3 is 2.88 bits per heavy atom. The number of aryl methyl sites for hydroxylation is 1. The van der Waals surface area contributed by atoms with E-state index in [1.807, 2.05) is 25.5 Å². The molecule has 84 valence electrons. The molecule has 0 atom stereocenters. The average Bonchev–Trinajstić information content (AvgIpc) is 2.67. The minimum Gasteiger partial charge on any atom is -0.326 e. The molecule has 5 heteroatoms. The summed E-state index contributed by atoms with van der Waals surface area (Å²) < 4.78 is 2.87. The third kappa shape index (κ3) is 2.66. The molecule has 0 radical (unpaired) electrons. The number of nitrogens with two attached hydrogens (primary N) is 1. The Hall–Kier alpha value is -0.780. The van der Waals surface area contributed by atoms with Gasteiger partial charge in [-0.2, -0.15) is 5.10 Å². The molecule has 0 aliphatic rings. The molecule has 2 rings (SSSR count). The van der Waals surface area contributed by atoms with Crippen molar-refractivity contribution in [3.63, 3.8) is 0 Å². The van der Waals surface area contributed by atoms with Crippen molar-refractivity contribution >= 4 is 27.7 Å². The van der Waals surface area contributed by atoms with Gasteiger partial charge in [0.2, 0.25) is 0 Å². The van der Waals surface area contributed by atoms with Gasteiger partial charge in [0.15, 0.2) is 0 Å². The molecule has 0 aliphatic heterocycles. The Labute approximate surface area is 107 Å². The average molecular weight is 298 g/mol. The fourth-order valence-corrected chi connectivity index (χ4v) is 2.85. The highest BCUT2D eigenvalue weighted by atomic mass is 79.9. The van der Waals surface area contributed by atoms with Crippen LogP contribution < -0.4 is 5.73 Å². The van der Waals surface area contributed by atoms with E-state index in [4.69, 9.17) is 5.73 Å². The van der Waals surface area contributed by atoms with Gasteiger partial charge in [0, 0.05) is 29.2 Å². The molecule has 0 bridgehead atoms. The summed E-state index contributed by atoms with van der Waals surface area (Å²) in [5.41, 5.74) is 6.71. The summed E-state index contributed by atoms with van der Waals surface area (Å²) in [6, 6.07) is 6.17. The minimum atomic E-state index is 0.566. The molecular weight excluding hydrogens is 286 g/mol. The van der Waals surface area contributed by atoms with Crippen LogP contribution in [0.25, 0.3) is 0 Å². The second-order valence-electron chi connectivity index (χ2n) is 3.42. The first-order valence-corrected chi connectivity index (χ1v) is 6.45. The number of hydrogen-bond donors (Lipinski definition) is 1. The number of benzene rings is 1. The van der Waals surface area contributed by atoms with E-state index in [2.05, 4.69) is 33.2 Å². The normalized spacial score (nSPS) is 10.7. The molecule has 0 aliphatic carbocycles. The summed E-state index contributed by atoms with van der Waals surface area (Å²) in [6.45, 7) is 0.566. The zero-order chi connectivity index (χ0) is 11.5. The second kappa shape index (κ2) is 5.03. The van der Waals surface area contributed by atoms with E-state index < -0.39 is 0 Å². The van der Waals surface area contributed by atoms with E-state index in [9.17, 15) is 0 Å². The number of aromatic nitrogens is 2. The molecule has 0 unspecified atom stereocenters. The van der Waals surface area contributed by atoms with Crippen LogP contribution in [0.2, 0.25) is 0 Å². The van der Waals surface area contributed by atoms with E-state index >= 15 is 0 Å². The van der Waals surface area contributed by atoms with Crippen molar-refractivity contribution in [1.82, 2.24) is 9.78 Å². The van der Waals surface area contributed by atoms with Crippen LogP contribution in [0.3, 0.4) is 0 Å². The Kier molecular flexibility index (Phi) is 3.68. The van der Waals surface area contributed by atoms with Gasteiger partial charge >= 0.3 is 0 Å². The lowest BCUT2D eigenvalue weighted by atomic mass is 10.2. The second-order valence-corrected chi connectivity index (χ2v) is 5.39. The first-order valence-electron chi connectivity index (χ1n) is 4.84. The highest BCUT2D eigenvalue weighted by Gasteiger charge is 2.04. The monoisotopic (exact) mass is 297 g/mol. The molecule has 0 saturated heterocycles. The predicted octanol–water partition coefficient (Wildman–Crippen LogP) is 2.79. The molecule has 1 heterocycles. The smallest absolute Gasteiger partial charge is 0.0629 e. The molecule has 0 fully saturated rings. The van der Waals surface area contributed by atoms with Crippen LogP contribution in [0.1, 0.15) is 5.56 Å². The first-order chi connectivity index (χ1) is 7.69. The molecule has 0 amide bonds. The Morgan fingerprint density at radius 1 is 1.50 bits per heavy atom. The van der Waals surface area contributed by atoms with Crippen molar-refractivity contribution in [2.45, 2.75) is 16.3 Å². The quantitative estimate of drug-likeness (QED) is 0.947. The summed E-state index contributed by atoms with van der Waals surface area (Å²) in [4.78, 5) is 2.30. The van der Waals surface area contributed by atoms with E-state index in [1.54, 1.807) is 16.4 Å². The molecule has 2 N–H and O–H groups in total. The lowest BCUT2D eigenvalue weighted by Gasteiger charge is -2.04. The Morgan fingerprint density at radius 2 is 2.31 bits per heavy atom. The summed E-state index contributed by atoms with van der Waals surface area (Å²) in [6.07, 6.45) is 3.85. The van der Waals surface area contributed by atoms with Crippen molar-refractivity contribution in [3.05, 3.63) is 40.6 Å². The lowest BCUT2D eigenvalue weighted by Crippen LogP contribution is -1.95. The van der Waals surface area contributed by atoms with Gasteiger partial charge in [0.1, 0.15) is 0 Å². The van der Waals surface area contributed by atoms with Crippen LogP contribution in [0.15, 0.2) is 44.9 Å². The zero-order valence-electron chi connectivity index (χ0n) is 8.85. The molecule has 3 nitrogen and oxygen atoms in total. The van der Waals surface area contributed by atoms with Crippen molar-refractivity contribution in [2.75, 3.05) is 0 Å². The first kappa shape index (κ1) is 11.7. The van der Waals surface area contributed by atoms with Crippen LogP contribution in [0.4, 0.5) is 0 Å². The van der Waals surface area contributed by atoms with Crippen molar-refractivity contribution in [3.8, 4) is 0 Å². The number of hydrogen-bond acceptors (Lipinski definition) is 3. The summed E-state index contributed by atoms with van der Waals surface area (Å²) >= 11 is 5.23. The van der Waals surface area contributed by atoms with Gasteiger partial charge in [-0.3, -0.25) is 4.68 Å². The van der Waals surface area contributed by atoms with E-state index in [1.165, 1.54) is 4.90 Å². The maximum absolute atomic E-state index is 5.58. The van der Waals surface area contributed by atoms with Gasteiger partial charge < -0.3 is 5.73 Å². The highest BCUT2D eigenvalue weighted by Crippen LogP contribution is 2.33. The maximum Gasteiger partial charge on any atom is 0.0629 e. The van der Waals surface area contributed by atoms with Gasteiger partial charge in [-0.05, 0) is 33.6 Å². The van der Waals surface area contributed by atoms with Crippen LogP contribution in [0.5, 0.6) is 0 Å². The van der Waals surface area contributed by atoms with Crippen molar-refractivity contribution in [1.29, 1.82) is 0 Å². The molecular formula is C11H12BrN3S. The SMILES string of the molecule is Cn1cc(Sc2ccc(CN)cc2Br)cn1. The third-order valence-corrected chi connectivity index (χ3v) is 4.08. The highest BCUT2D eigenvalue weighted by molar-refractivity contribution is 9.10. The Balaban J connectivity index is 2.21. The van der Waals surface area contributed by atoms with Crippen molar-refractivity contribution in [2.24, 2.45) is 12.8 Å². The summed E-state index contributed by atoms with van der Waals surface area (Å²) in [5.74, 6) is 0. The summed E-state index contributed by atoms with van der Waals surface area (Å²) in [5, 5.41) is 4.14. The standard InChI is InChI=1S/C11H12BrN3S/c1-15-7-9(6-14-15)16-11-3-2-8(5-13)4-10(11)12/h2-4,6-7H,5,13H2,1H3. The van der Waals surface area contributed by atoms with Crippen LogP contribution >= 0.6 is 27.7 Å². The van der Waals surface area contributed by atoms with Gasteiger partial charge in [-0.25, -0.2) is 0 Å². The van der Waals surface area contributed by atoms with Gasteiger partial charge in [-0.15, -0.1) is 0 Å². The lowest BCUT2D eigenvalue weighted by molar-refractivity contribution is 0.766. The molecule has 2 aromatic rings.